The summed E-state index contributed by atoms with van der Waals surface area (Å²) in [5.74, 6) is -0.163. The molecule has 0 bridgehead atoms. The van der Waals surface area contributed by atoms with Crippen molar-refractivity contribution in [2.24, 2.45) is 5.92 Å². The van der Waals surface area contributed by atoms with Gasteiger partial charge in [-0.2, -0.15) is 4.31 Å². The van der Waals surface area contributed by atoms with E-state index in [1.165, 1.54) is 4.31 Å². The van der Waals surface area contributed by atoms with Gasteiger partial charge in [0.2, 0.25) is 15.9 Å². The number of amides is 1. The maximum absolute atomic E-state index is 13.2. The lowest BCUT2D eigenvalue weighted by Gasteiger charge is -2.32. The van der Waals surface area contributed by atoms with Crippen LogP contribution < -0.4 is 5.32 Å². The number of carbonyl (C=O) groups is 1. The molecule has 5 nitrogen and oxygen atoms in total. The first kappa shape index (κ1) is 24.2. The number of benzene rings is 3. The van der Waals surface area contributed by atoms with E-state index in [4.69, 9.17) is 0 Å². The van der Waals surface area contributed by atoms with Crippen LogP contribution in [0.25, 0.3) is 0 Å². The summed E-state index contributed by atoms with van der Waals surface area (Å²) in [7, 11) is -3.53. The number of nitrogens with zero attached hydrogens (tertiary/aromatic N) is 1. The van der Waals surface area contributed by atoms with Gasteiger partial charge in [0, 0.05) is 31.0 Å². The number of sulfonamides is 1. The molecule has 3 aromatic rings. The lowest BCUT2D eigenvalue weighted by molar-refractivity contribution is -0.126. The van der Waals surface area contributed by atoms with Crippen LogP contribution in [0.5, 0.6) is 0 Å². The second-order valence-electron chi connectivity index (χ2n) is 9.09. The highest BCUT2D eigenvalue weighted by atomic mass is 32.2. The lowest BCUT2D eigenvalue weighted by Crippen LogP contribution is -2.46. The fraction of sp³-hybridized carbons (Fsp3) is 0.321. The van der Waals surface area contributed by atoms with Crippen LogP contribution in [-0.2, 0) is 14.8 Å². The Morgan fingerprint density at radius 3 is 1.85 bits per heavy atom. The summed E-state index contributed by atoms with van der Waals surface area (Å²) in [5.41, 5.74) is 3.33. The Bertz CT molecular complexity index is 1150. The van der Waals surface area contributed by atoms with E-state index in [0.717, 1.165) is 16.7 Å². The Labute approximate surface area is 202 Å². The molecule has 1 unspecified atom stereocenters. The third kappa shape index (κ3) is 5.40. The summed E-state index contributed by atoms with van der Waals surface area (Å²) in [6, 6.07) is 27.2. The van der Waals surface area contributed by atoms with Gasteiger partial charge in [-0.15, -0.1) is 0 Å². The number of rotatable bonds is 7. The molecule has 0 aromatic heterocycles. The molecule has 34 heavy (non-hydrogen) atoms. The summed E-state index contributed by atoms with van der Waals surface area (Å²) >= 11 is 0. The van der Waals surface area contributed by atoms with Crippen molar-refractivity contribution in [1.82, 2.24) is 9.62 Å². The highest BCUT2D eigenvalue weighted by Crippen LogP contribution is 2.29. The Hall–Kier alpha value is -2.96. The van der Waals surface area contributed by atoms with Gasteiger partial charge in [0.05, 0.1) is 4.90 Å². The molecule has 4 rings (SSSR count). The average Bonchev–Trinajstić information content (AvgIpc) is 2.86. The topological polar surface area (TPSA) is 66.5 Å². The molecule has 0 aliphatic carbocycles. The third-order valence-corrected chi connectivity index (χ3v) is 8.58. The SMILES string of the molecule is Cc1ccc(S(=O)(=O)N2CCC(C(=O)NC(C)C(c3ccccc3)c3ccccc3)CC2)cc1. The summed E-state index contributed by atoms with van der Waals surface area (Å²) < 4.78 is 27.5. The van der Waals surface area contributed by atoms with Crippen molar-refractivity contribution >= 4 is 15.9 Å². The molecular weight excluding hydrogens is 444 g/mol. The van der Waals surface area contributed by atoms with Crippen LogP contribution in [0.2, 0.25) is 0 Å². The largest absolute Gasteiger partial charge is 0.352 e. The standard InChI is InChI=1S/C28H32N2O3S/c1-21-13-15-26(16-14-21)34(32,33)30-19-17-25(18-20-30)28(31)29-22(2)27(23-9-5-3-6-10-23)24-11-7-4-8-12-24/h3-16,22,25,27H,17-20H2,1-2H3,(H,29,31). The highest BCUT2D eigenvalue weighted by molar-refractivity contribution is 7.89. The van der Waals surface area contributed by atoms with Crippen molar-refractivity contribution in [1.29, 1.82) is 0 Å². The second-order valence-corrected chi connectivity index (χ2v) is 11.0. The van der Waals surface area contributed by atoms with Gasteiger partial charge in [0.25, 0.3) is 0 Å². The lowest BCUT2D eigenvalue weighted by atomic mass is 9.85. The van der Waals surface area contributed by atoms with Crippen molar-refractivity contribution in [2.75, 3.05) is 13.1 Å². The van der Waals surface area contributed by atoms with E-state index in [9.17, 15) is 13.2 Å². The molecule has 1 amide bonds. The summed E-state index contributed by atoms with van der Waals surface area (Å²) in [4.78, 5) is 13.5. The minimum atomic E-state index is -3.53. The van der Waals surface area contributed by atoms with Crippen LogP contribution in [0.3, 0.4) is 0 Å². The average molecular weight is 477 g/mol. The number of hydrogen-bond donors (Lipinski definition) is 1. The van der Waals surface area contributed by atoms with Gasteiger partial charge in [0.15, 0.2) is 0 Å². The molecule has 6 heteroatoms. The number of aryl methyl sites for hydroxylation is 1. The summed E-state index contributed by atoms with van der Waals surface area (Å²) in [5, 5.41) is 3.23. The quantitative estimate of drug-likeness (QED) is 0.536. The zero-order chi connectivity index (χ0) is 24.1. The number of carbonyl (C=O) groups excluding carboxylic acids is 1. The van der Waals surface area contributed by atoms with E-state index < -0.39 is 10.0 Å². The first-order valence-corrected chi connectivity index (χ1v) is 13.3. The van der Waals surface area contributed by atoms with Crippen LogP contribution in [0.4, 0.5) is 0 Å². The van der Waals surface area contributed by atoms with E-state index in [1.807, 2.05) is 62.4 Å². The van der Waals surface area contributed by atoms with Gasteiger partial charge < -0.3 is 5.32 Å². The Morgan fingerprint density at radius 1 is 0.853 bits per heavy atom. The molecule has 1 fully saturated rings. The van der Waals surface area contributed by atoms with Crippen LogP contribution in [0, 0.1) is 12.8 Å². The van der Waals surface area contributed by atoms with Crippen molar-refractivity contribution in [3.8, 4) is 0 Å². The highest BCUT2D eigenvalue weighted by Gasteiger charge is 2.33. The van der Waals surface area contributed by atoms with Crippen LogP contribution in [0.15, 0.2) is 89.8 Å². The molecule has 1 aliphatic rings. The van der Waals surface area contributed by atoms with Gasteiger partial charge in [-0.3, -0.25) is 4.79 Å². The van der Waals surface area contributed by atoms with Crippen molar-refractivity contribution < 1.29 is 13.2 Å². The first-order valence-electron chi connectivity index (χ1n) is 11.8. The van der Waals surface area contributed by atoms with Crippen LogP contribution in [0.1, 0.15) is 42.4 Å². The first-order chi connectivity index (χ1) is 16.4. The number of nitrogens with one attached hydrogen (secondary N) is 1. The van der Waals surface area contributed by atoms with Gasteiger partial charge >= 0.3 is 0 Å². The Morgan fingerprint density at radius 2 is 1.35 bits per heavy atom. The molecule has 0 saturated carbocycles. The zero-order valence-electron chi connectivity index (χ0n) is 19.7. The molecular formula is C28H32N2O3S. The van der Waals surface area contributed by atoms with Gasteiger partial charge in [-0.25, -0.2) is 8.42 Å². The smallest absolute Gasteiger partial charge is 0.243 e. The van der Waals surface area contributed by atoms with Gasteiger partial charge in [-0.05, 0) is 49.9 Å². The van der Waals surface area contributed by atoms with Crippen molar-refractivity contribution in [3.63, 3.8) is 0 Å². The van der Waals surface area contributed by atoms with Gasteiger partial charge in [-0.1, -0.05) is 78.4 Å². The predicted molar refractivity (Wildman–Crippen MR) is 135 cm³/mol. The molecule has 1 saturated heterocycles. The third-order valence-electron chi connectivity index (χ3n) is 6.67. The van der Waals surface area contributed by atoms with Crippen LogP contribution in [-0.4, -0.2) is 37.8 Å². The predicted octanol–water partition coefficient (Wildman–Crippen LogP) is 4.73. The molecule has 0 radical (unpaired) electrons. The molecule has 1 atom stereocenters. The minimum absolute atomic E-state index is 0.00301. The van der Waals surface area contributed by atoms with E-state index in [1.54, 1.807) is 12.1 Å². The monoisotopic (exact) mass is 476 g/mol. The van der Waals surface area contributed by atoms with E-state index in [-0.39, 0.29) is 23.8 Å². The molecule has 0 spiro atoms. The van der Waals surface area contributed by atoms with Crippen molar-refractivity contribution in [3.05, 3.63) is 102 Å². The maximum Gasteiger partial charge on any atom is 0.243 e. The normalized spacial score (nSPS) is 16.3. The molecule has 1 heterocycles. The fourth-order valence-electron chi connectivity index (χ4n) is 4.73. The number of hydrogen-bond acceptors (Lipinski definition) is 3. The van der Waals surface area contributed by atoms with Crippen LogP contribution >= 0.6 is 0 Å². The fourth-order valence-corrected chi connectivity index (χ4v) is 6.20. The molecule has 178 valence electrons. The van der Waals surface area contributed by atoms with E-state index >= 15 is 0 Å². The Kier molecular flexibility index (Phi) is 7.49. The minimum Gasteiger partial charge on any atom is -0.352 e. The zero-order valence-corrected chi connectivity index (χ0v) is 20.5. The van der Waals surface area contributed by atoms with E-state index in [0.29, 0.717) is 30.8 Å². The van der Waals surface area contributed by atoms with Gasteiger partial charge in [0.1, 0.15) is 0 Å². The maximum atomic E-state index is 13.2. The molecule has 3 aromatic carbocycles. The molecule has 1 aliphatic heterocycles. The summed E-state index contributed by atoms with van der Waals surface area (Å²) in [6.07, 6.45) is 1.04. The number of piperidine rings is 1. The van der Waals surface area contributed by atoms with E-state index in [2.05, 4.69) is 29.6 Å². The Balaban J connectivity index is 1.41. The summed E-state index contributed by atoms with van der Waals surface area (Å²) in [6.45, 7) is 4.67. The second kappa shape index (κ2) is 10.5. The van der Waals surface area contributed by atoms with Crippen molar-refractivity contribution in [2.45, 2.75) is 43.5 Å². The molecule has 1 N–H and O–H groups in total.